The second-order valence-electron chi connectivity index (χ2n) is 5.77. The number of aromatic nitrogens is 3. The minimum atomic E-state index is -0.290. The van der Waals surface area contributed by atoms with E-state index in [1.165, 1.54) is 6.20 Å². The van der Waals surface area contributed by atoms with Crippen LogP contribution in [0.5, 0.6) is 0 Å². The van der Waals surface area contributed by atoms with Crippen LogP contribution in [0.15, 0.2) is 36.8 Å². The second kappa shape index (κ2) is 7.01. The number of anilines is 1. The number of carbonyl (C=O) groups excluding carboxylic acids is 1. The Bertz CT molecular complexity index is 871. The fraction of sp³-hybridized carbons (Fsp3) is 0.278. The van der Waals surface area contributed by atoms with Crippen molar-refractivity contribution in [2.24, 2.45) is 0 Å². The lowest BCUT2D eigenvalue weighted by atomic mass is 10.2. The molecule has 0 atom stereocenters. The van der Waals surface area contributed by atoms with E-state index in [1.807, 2.05) is 35.8 Å². The Balaban J connectivity index is 1.88. The van der Waals surface area contributed by atoms with Crippen molar-refractivity contribution in [3.8, 4) is 0 Å². The number of hydrogen-bond acceptors (Lipinski definition) is 3. The van der Waals surface area contributed by atoms with Crippen LogP contribution in [0.1, 0.15) is 35.7 Å². The van der Waals surface area contributed by atoms with Gasteiger partial charge in [-0.05, 0) is 25.5 Å². The van der Waals surface area contributed by atoms with E-state index in [1.54, 1.807) is 6.33 Å². The van der Waals surface area contributed by atoms with Crippen LogP contribution in [0.25, 0.3) is 11.2 Å². The van der Waals surface area contributed by atoms with Crippen molar-refractivity contribution in [1.82, 2.24) is 14.5 Å². The summed E-state index contributed by atoms with van der Waals surface area (Å²) in [6, 6.07) is 7.58. The molecule has 124 valence electrons. The standard InChI is InChI=1S/C18H19ClN4O/c1-3-4-9-23-11-21-16-15(19)14(10-20-17(16)23)18(24)22-13-7-5-12(2)6-8-13/h5-8,10-11H,3-4,9H2,1-2H3,(H,22,24). The number of nitrogens with one attached hydrogen (secondary N) is 1. The number of benzene rings is 1. The molecule has 5 nitrogen and oxygen atoms in total. The van der Waals surface area contributed by atoms with E-state index in [0.29, 0.717) is 21.7 Å². The number of pyridine rings is 1. The Morgan fingerprint density at radius 2 is 2.00 bits per heavy atom. The molecule has 1 aromatic carbocycles. The number of hydrogen-bond donors (Lipinski definition) is 1. The molecule has 0 radical (unpaired) electrons. The third-order valence-corrected chi connectivity index (χ3v) is 4.26. The third kappa shape index (κ3) is 3.26. The summed E-state index contributed by atoms with van der Waals surface area (Å²) in [5.74, 6) is -0.290. The van der Waals surface area contributed by atoms with Gasteiger partial charge in [-0.3, -0.25) is 4.79 Å². The molecule has 0 aliphatic carbocycles. The second-order valence-corrected chi connectivity index (χ2v) is 6.15. The molecule has 0 saturated heterocycles. The van der Waals surface area contributed by atoms with Crippen LogP contribution in [-0.2, 0) is 6.54 Å². The molecular weight excluding hydrogens is 324 g/mol. The highest BCUT2D eigenvalue weighted by Crippen LogP contribution is 2.25. The van der Waals surface area contributed by atoms with Gasteiger partial charge in [0, 0.05) is 18.4 Å². The van der Waals surface area contributed by atoms with Crippen molar-refractivity contribution < 1.29 is 4.79 Å². The van der Waals surface area contributed by atoms with Gasteiger partial charge in [-0.1, -0.05) is 42.6 Å². The zero-order valence-corrected chi connectivity index (χ0v) is 14.5. The normalized spacial score (nSPS) is 11.0. The quantitative estimate of drug-likeness (QED) is 0.745. The number of halogens is 1. The largest absolute Gasteiger partial charge is 0.322 e. The van der Waals surface area contributed by atoms with Crippen LogP contribution >= 0.6 is 11.6 Å². The van der Waals surface area contributed by atoms with Crippen LogP contribution in [0.2, 0.25) is 5.02 Å². The Hall–Kier alpha value is -2.40. The molecule has 1 N–H and O–H groups in total. The molecule has 2 aromatic heterocycles. The Labute approximate surface area is 145 Å². The van der Waals surface area contributed by atoms with Gasteiger partial charge in [0.05, 0.1) is 16.9 Å². The van der Waals surface area contributed by atoms with Gasteiger partial charge in [-0.2, -0.15) is 0 Å². The van der Waals surface area contributed by atoms with Crippen molar-refractivity contribution in [3.05, 3.63) is 52.9 Å². The molecule has 0 bridgehead atoms. The molecule has 1 amide bonds. The highest BCUT2D eigenvalue weighted by Gasteiger charge is 2.17. The lowest BCUT2D eigenvalue weighted by Gasteiger charge is -2.08. The van der Waals surface area contributed by atoms with Crippen molar-refractivity contribution in [1.29, 1.82) is 0 Å². The fourth-order valence-corrected chi connectivity index (χ4v) is 2.73. The molecule has 3 rings (SSSR count). The fourth-order valence-electron chi connectivity index (χ4n) is 2.46. The predicted molar refractivity (Wildman–Crippen MR) is 96.6 cm³/mol. The lowest BCUT2D eigenvalue weighted by Crippen LogP contribution is -2.13. The number of unbranched alkanes of at least 4 members (excludes halogenated alkanes) is 1. The van der Waals surface area contributed by atoms with Crippen LogP contribution in [0.4, 0.5) is 5.69 Å². The number of aryl methyl sites for hydroxylation is 2. The van der Waals surface area contributed by atoms with Crippen LogP contribution < -0.4 is 5.32 Å². The first kappa shape index (κ1) is 16.5. The van der Waals surface area contributed by atoms with E-state index in [2.05, 4.69) is 22.2 Å². The van der Waals surface area contributed by atoms with Gasteiger partial charge in [0.2, 0.25) is 0 Å². The molecule has 0 aliphatic heterocycles. The van der Waals surface area contributed by atoms with Gasteiger partial charge in [0.1, 0.15) is 5.52 Å². The minimum absolute atomic E-state index is 0.290. The number of rotatable bonds is 5. The topological polar surface area (TPSA) is 59.8 Å². The lowest BCUT2D eigenvalue weighted by molar-refractivity contribution is 0.102. The van der Waals surface area contributed by atoms with Gasteiger partial charge in [-0.15, -0.1) is 0 Å². The molecule has 0 aliphatic rings. The van der Waals surface area contributed by atoms with E-state index in [0.717, 1.165) is 30.6 Å². The molecule has 3 aromatic rings. The highest BCUT2D eigenvalue weighted by molar-refractivity contribution is 6.38. The predicted octanol–water partition coefficient (Wildman–Crippen LogP) is 4.45. The monoisotopic (exact) mass is 342 g/mol. The number of fused-ring (bicyclic) bond motifs is 1. The summed E-state index contributed by atoms with van der Waals surface area (Å²) in [6.45, 7) is 4.97. The maximum atomic E-state index is 12.5. The van der Waals surface area contributed by atoms with E-state index in [-0.39, 0.29) is 5.91 Å². The van der Waals surface area contributed by atoms with Crippen molar-refractivity contribution in [3.63, 3.8) is 0 Å². The first-order chi connectivity index (χ1) is 11.6. The zero-order chi connectivity index (χ0) is 17.1. The van der Waals surface area contributed by atoms with Crippen LogP contribution in [0.3, 0.4) is 0 Å². The van der Waals surface area contributed by atoms with Crippen LogP contribution in [0, 0.1) is 6.92 Å². The summed E-state index contributed by atoms with van der Waals surface area (Å²) in [5.41, 5.74) is 3.44. The van der Waals surface area contributed by atoms with Crippen molar-refractivity contribution in [2.75, 3.05) is 5.32 Å². The average molecular weight is 343 g/mol. The molecule has 0 saturated carbocycles. The summed E-state index contributed by atoms with van der Waals surface area (Å²) in [5, 5.41) is 3.17. The minimum Gasteiger partial charge on any atom is -0.322 e. The van der Waals surface area contributed by atoms with E-state index < -0.39 is 0 Å². The number of amides is 1. The average Bonchev–Trinajstić information content (AvgIpc) is 2.99. The SMILES string of the molecule is CCCCn1cnc2c(Cl)c(C(=O)Nc3ccc(C)cc3)cnc21. The Morgan fingerprint density at radius 3 is 2.71 bits per heavy atom. The van der Waals surface area contributed by atoms with Gasteiger partial charge < -0.3 is 9.88 Å². The van der Waals surface area contributed by atoms with E-state index >= 15 is 0 Å². The van der Waals surface area contributed by atoms with Gasteiger partial charge in [-0.25, -0.2) is 9.97 Å². The molecule has 24 heavy (non-hydrogen) atoms. The first-order valence-electron chi connectivity index (χ1n) is 7.97. The first-order valence-corrected chi connectivity index (χ1v) is 8.35. The maximum absolute atomic E-state index is 12.5. The smallest absolute Gasteiger partial charge is 0.258 e. The van der Waals surface area contributed by atoms with Crippen LogP contribution in [-0.4, -0.2) is 20.4 Å². The zero-order valence-electron chi connectivity index (χ0n) is 13.7. The van der Waals surface area contributed by atoms with E-state index in [4.69, 9.17) is 11.6 Å². The van der Waals surface area contributed by atoms with E-state index in [9.17, 15) is 4.79 Å². The van der Waals surface area contributed by atoms with Crippen molar-refractivity contribution >= 4 is 34.4 Å². The summed E-state index contributed by atoms with van der Waals surface area (Å²) < 4.78 is 1.96. The molecule has 0 fully saturated rings. The molecule has 6 heteroatoms. The third-order valence-electron chi connectivity index (χ3n) is 3.88. The Kier molecular flexibility index (Phi) is 4.81. The van der Waals surface area contributed by atoms with Gasteiger partial charge in [0.25, 0.3) is 5.91 Å². The van der Waals surface area contributed by atoms with Crippen molar-refractivity contribution in [2.45, 2.75) is 33.2 Å². The number of carbonyl (C=O) groups is 1. The number of imidazole rings is 1. The summed E-state index contributed by atoms with van der Waals surface area (Å²) in [7, 11) is 0. The Morgan fingerprint density at radius 1 is 1.25 bits per heavy atom. The molecular formula is C18H19ClN4O. The van der Waals surface area contributed by atoms with Gasteiger partial charge in [0.15, 0.2) is 5.65 Å². The summed E-state index contributed by atoms with van der Waals surface area (Å²) in [6.07, 6.45) is 5.37. The molecule has 2 heterocycles. The highest BCUT2D eigenvalue weighted by atomic mass is 35.5. The molecule has 0 unspecified atom stereocenters. The maximum Gasteiger partial charge on any atom is 0.258 e. The number of nitrogens with zero attached hydrogens (tertiary/aromatic N) is 3. The summed E-state index contributed by atoms with van der Waals surface area (Å²) in [4.78, 5) is 21.2. The molecule has 0 spiro atoms. The summed E-state index contributed by atoms with van der Waals surface area (Å²) >= 11 is 6.40. The van der Waals surface area contributed by atoms with Gasteiger partial charge >= 0.3 is 0 Å².